The van der Waals surface area contributed by atoms with Crippen LogP contribution in [-0.2, 0) is 4.79 Å². The number of anilines is 1. The van der Waals surface area contributed by atoms with Crippen LogP contribution >= 0.6 is 23.2 Å². The minimum atomic E-state index is -0.451. The first-order chi connectivity index (χ1) is 10.9. The van der Waals surface area contributed by atoms with Gasteiger partial charge in [-0.1, -0.05) is 35.3 Å². The van der Waals surface area contributed by atoms with Crippen molar-refractivity contribution in [1.29, 1.82) is 0 Å². The van der Waals surface area contributed by atoms with Gasteiger partial charge in [-0.15, -0.1) is 0 Å². The number of carbonyl (C=O) groups excluding carboxylic acids is 2. The molecule has 2 amide bonds. The van der Waals surface area contributed by atoms with Crippen LogP contribution < -0.4 is 5.32 Å². The molecule has 0 heterocycles. The average Bonchev–Trinajstić information content (AvgIpc) is 2.50. The normalized spacial score (nSPS) is 10.2. The standard InChI is InChI=1S/C16H14Cl2N2O3/c1-20(16(23)11-4-2-3-5-14(11)21)9-15(22)19-10-6-7-12(17)13(18)8-10/h2-8,21H,9H2,1H3,(H,19,22). The molecule has 0 aliphatic carbocycles. The van der Waals surface area contributed by atoms with Crippen molar-refractivity contribution in [2.45, 2.75) is 0 Å². The van der Waals surface area contributed by atoms with Crippen molar-refractivity contribution in [3.63, 3.8) is 0 Å². The number of benzene rings is 2. The van der Waals surface area contributed by atoms with Crippen LogP contribution in [0.15, 0.2) is 42.5 Å². The molecular weight excluding hydrogens is 339 g/mol. The molecule has 0 spiro atoms. The molecule has 2 aromatic rings. The van der Waals surface area contributed by atoms with Gasteiger partial charge in [0.25, 0.3) is 5.91 Å². The number of para-hydroxylation sites is 1. The monoisotopic (exact) mass is 352 g/mol. The Kier molecular flexibility index (Phi) is 5.47. The van der Waals surface area contributed by atoms with E-state index < -0.39 is 11.8 Å². The Hall–Kier alpha value is -2.24. The van der Waals surface area contributed by atoms with Crippen LogP contribution in [0.25, 0.3) is 0 Å². The van der Waals surface area contributed by atoms with Gasteiger partial charge in [-0.05, 0) is 30.3 Å². The molecule has 7 heteroatoms. The molecule has 0 unspecified atom stereocenters. The molecule has 0 aliphatic heterocycles. The van der Waals surface area contributed by atoms with E-state index in [9.17, 15) is 14.7 Å². The largest absolute Gasteiger partial charge is 0.507 e. The Morgan fingerprint density at radius 3 is 2.48 bits per heavy atom. The van der Waals surface area contributed by atoms with E-state index in [4.69, 9.17) is 23.2 Å². The summed E-state index contributed by atoms with van der Waals surface area (Å²) in [5.74, 6) is -0.976. The fourth-order valence-corrected chi connectivity index (χ4v) is 2.22. The first-order valence-corrected chi connectivity index (χ1v) is 7.42. The van der Waals surface area contributed by atoms with Gasteiger partial charge in [-0.25, -0.2) is 0 Å². The third-order valence-corrected chi connectivity index (χ3v) is 3.80. The van der Waals surface area contributed by atoms with Crippen molar-refractivity contribution in [3.05, 3.63) is 58.1 Å². The molecule has 0 saturated carbocycles. The van der Waals surface area contributed by atoms with E-state index in [0.29, 0.717) is 15.7 Å². The SMILES string of the molecule is CN(CC(=O)Nc1ccc(Cl)c(Cl)c1)C(=O)c1ccccc1O. The summed E-state index contributed by atoms with van der Waals surface area (Å²) in [5.41, 5.74) is 0.616. The summed E-state index contributed by atoms with van der Waals surface area (Å²) in [6.07, 6.45) is 0. The summed E-state index contributed by atoms with van der Waals surface area (Å²) in [6.45, 7) is -0.173. The van der Waals surface area contributed by atoms with Gasteiger partial charge in [0.15, 0.2) is 0 Å². The predicted octanol–water partition coefficient (Wildman–Crippen LogP) is 3.41. The number of halogens is 2. The molecule has 0 saturated heterocycles. The highest BCUT2D eigenvalue weighted by molar-refractivity contribution is 6.42. The van der Waals surface area contributed by atoms with Gasteiger partial charge >= 0.3 is 0 Å². The first-order valence-electron chi connectivity index (χ1n) is 6.67. The average molecular weight is 353 g/mol. The third-order valence-electron chi connectivity index (χ3n) is 3.07. The number of amides is 2. The molecule has 2 aromatic carbocycles. The molecule has 2 rings (SSSR count). The topological polar surface area (TPSA) is 69.6 Å². The number of phenolic OH excluding ortho intramolecular Hbond substituents is 1. The molecule has 0 radical (unpaired) electrons. The molecule has 0 aliphatic rings. The lowest BCUT2D eigenvalue weighted by molar-refractivity contribution is -0.116. The number of nitrogens with zero attached hydrogens (tertiary/aromatic N) is 1. The van der Waals surface area contributed by atoms with E-state index in [1.807, 2.05) is 0 Å². The lowest BCUT2D eigenvalue weighted by atomic mass is 10.2. The second-order valence-corrected chi connectivity index (χ2v) is 5.67. The first kappa shape index (κ1) is 17.1. The molecular formula is C16H14Cl2N2O3. The quantitative estimate of drug-likeness (QED) is 0.885. The van der Waals surface area contributed by atoms with Gasteiger partial charge in [-0.2, -0.15) is 0 Å². The van der Waals surface area contributed by atoms with Crippen LogP contribution in [0, 0.1) is 0 Å². The zero-order valence-electron chi connectivity index (χ0n) is 12.2. The van der Waals surface area contributed by atoms with Crippen molar-refractivity contribution in [3.8, 4) is 5.75 Å². The highest BCUT2D eigenvalue weighted by Gasteiger charge is 2.17. The van der Waals surface area contributed by atoms with Crippen molar-refractivity contribution in [2.24, 2.45) is 0 Å². The Labute approximate surface area is 143 Å². The van der Waals surface area contributed by atoms with Gasteiger partial charge in [0.05, 0.1) is 22.2 Å². The number of phenols is 1. The highest BCUT2D eigenvalue weighted by Crippen LogP contribution is 2.25. The molecule has 0 atom stereocenters. The summed E-state index contributed by atoms with van der Waals surface area (Å²) in [7, 11) is 1.48. The van der Waals surface area contributed by atoms with E-state index in [0.717, 1.165) is 0 Å². The molecule has 0 bridgehead atoms. The lowest BCUT2D eigenvalue weighted by Gasteiger charge is -2.17. The van der Waals surface area contributed by atoms with Gasteiger partial charge in [0.2, 0.25) is 5.91 Å². The molecule has 120 valence electrons. The van der Waals surface area contributed by atoms with Crippen LogP contribution in [0.1, 0.15) is 10.4 Å². The Morgan fingerprint density at radius 2 is 1.83 bits per heavy atom. The minimum absolute atomic E-state index is 0.130. The van der Waals surface area contributed by atoms with Gasteiger partial charge in [0, 0.05) is 12.7 Å². The van der Waals surface area contributed by atoms with Gasteiger partial charge in [0.1, 0.15) is 5.75 Å². The van der Waals surface area contributed by atoms with Crippen LogP contribution in [0.3, 0.4) is 0 Å². The van der Waals surface area contributed by atoms with E-state index >= 15 is 0 Å². The summed E-state index contributed by atoms with van der Waals surface area (Å²) in [5, 5.41) is 13.0. The van der Waals surface area contributed by atoms with E-state index in [2.05, 4.69) is 5.32 Å². The minimum Gasteiger partial charge on any atom is -0.507 e. The molecule has 2 N–H and O–H groups in total. The van der Waals surface area contributed by atoms with E-state index in [1.54, 1.807) is 24.3 Å². The number of aromatic hydroxyl groups is 1. The number of nitrogens with one attached hydrogen (secondary N) is 1. The zero-order valence-corrected chi connectivity index (χ0v) is 13.7. The Morgan fingerprint density at radius 1 is 1.13 bits per heavy atom. The van der Waals surface area contributed by atoms with Crippen LogP contribution in [0.2, 0.25) is 10.0 Å². The maximum atomic E-state index is 12.2. The smallest absolute Gasteiger partial charge is 0.257 e. The van der Waals surface area contributed by atoms with Gasteiger partial charge < -0.3 is 15.3 Å². The van der Waals surface area contributed by atoms with Crippen molar-refractivity contribution >= 4 is 40.7 Å². The fraction of sp³-hybridized carbons (Fsp3) is 0.125. The molecule has 23 heavy (non-hydrogen) atoms. The van der Waals surface area contributed by atoms with Crippen LogP contribution in [0.4, 0.5) is 5.69 Å². The summed E-state index contributed by atoms with van der Waals surface area (Å²) in [6, 6.07) is 10.8. The molecule has 0 aromatic heterocycles. The number of carbonyl (C=O) groups is 2. The maximum absolute atomic E-state index is 12.2. The zero-order chi connectivity index (χ0) is 17.0. The Balaban J connectivity index is 2.00. The number of rotatable bonds is 4. The predicted molar refractivity (Wildman–Crippen MR) is 90.2 cm³/mol. The Bertz CT molecular complexity index is 750. The summed E-state index contributed by atoms with van der Waals surface area (Å²) >= 11 is 11.7. The number of likely N-dealkylation sites (N-methyl/N-ethyl adjacent to an activating group) is 1. The van der Waals surface area contributed by atoms with Crippen molar-refractivity contribution in [1.82, 2.24) is 4.90 Å². The highest BCUT2D eigenvalue weighted by atomic mass is 35.5. The van der Waals surface area contributed by atoms with Crippen molar-refractivity contribution in [2.75, 3.05) is 18.9 Å². The lowest BCUT2D eigenvalue weighted by Crippen LogP contribution is -2.34. The summed E-state index contributed by atoms with van der Waals surface area (Å²) < 4.78 is 0. The van der Waals surface area contributed by atoms with Gasteiger partial charge in [-0.3, -0.25) is 9.59 Å². The van der Waals surface area contributed by atoms with E-state index in [-0.39, 0.29) is 17.9 Å². The van der Waals surface area contributed by atoms with Crippen LogP contribution in [0.5, 0.6) is 5.75 Å². The van der Waals surface area contributed by atoms with Crippen molar-refractivity contribution < 1.29 is 14.7 Å². The maximum Gasteiger partial charge on any atom is 0.257 e. The summed E-state index contributed by atoms with van der Waals surface area (Å²) in [4.78, 5) is 25.4. The molecule has 5 nitrogen and oxygen atoms in total. The third kappa shape index (κ3) is 4.37. The second-order valence-electron chi connectivity index (χ2n) is 4.86. The van der Waals surface area contributed by atoms with Crippen LogP contribution in [-0.4, -0.2) is 35.4 Å². The second kappa shape index (κ2) is 7.35. The number of hydrogen-bond acceptors (Lipinski definition) is 3. The van der Waals surface area contributed by atoms with E-state index in [1.165, 1.54) is 30.1 Å². The number of hydrogen-bond donors (Lipinski definition) is 2. The molecule has 0 fully saturated rings. The fourth-order valence-electron chi connectivity index (χ4n) is 1.92.